The van der Waals surface area contributed by atoms with Crippen LogP contribution in [0.2, 0.25) is 0 Å². The molecular weight excluding hydrogens is 514 g/mol. The Hall–Kier alpha value is -4.29. The quantitative estimate of drug-likeness (QED) is 0.343. The highest BCUT2D eigenvalue weighted by atomic mass is 32.2. The number of nitrogens with one attached hydrogen (secondary N) is 1. The average Bonchev–Trinajstić information content (AvgIpc) is 3.48. The van der Waals surface area contributed by atoms with E-state index in [1.54, 1.807) is 0 Å². The van der Waals surface area contributed by atoms with Crippen molar-refractivity contribution in [3.05, 3.63) is 94.0 Å². The summed E-state index contributed by atoms with van der Waals surface area (Å²) in [5, 5.41) is 23.7. The van der Waals surface area contributed by atoms with Crippen LogP contribution in [-0.4, -0.2) is 60.1 Å². The number of carboxylic acid groups (broad SMARTS) is 1. The molecular formula is C26H23N3O8S. The molecule has 0 spiro atoms. The first-order valence-electron chi connectivity index (χ1n) is 11.7. The van der Waals surface area contributed by atoms with Crippen LogP contribution in [0, 0.1) is 10.1 Å². The van der Waals surface area contributed by atoms with Crippen molar-refractivity contribution in [2.75, 3.05) is 19.7 Å². The zero-order valence-electron chi connectivity index (χ0n) is 19.9. The van der Waals surface area contributed by atoms with E-state index in [0.717, 1.165) is 38.7 Å². The number of benzene rings is 3. The summed E-state index contributed by atoms with van der Waals surface area (Å²) in [4.78, 5) is 35.0. The Kier molecular flexibility index (Phi) is 6.37. The first-order valence-corrected chi connectivity index (χ1v) is 13.2. The number of hydrogen-bond donors (Lipinski definition) is 2. The van der Waals surface area contributed by atoms with Crippen LogP contribution in [0.3, 0.4) is 0 Å². The van der Waals surface area contributed by atoms with E-state index in [1.165, 1.54) is 12.1 Å². The molecule has 1 atom stereocenters. The molecule has 1 aliphatic heterocycles. The number of fused-ring (bicyclic) bond motifs is 3. The van der Waals surface area contributed by atoms with Crippen molar-refractivity contribution in [1.82, 2.24) is 9.62 Å². The number of carbonyl (C=O) groups is 2. The molecule has 1 saturated heterocycles. The van der Waals surface area contributed by atoms with E-state index >= 15 is 0 Å². The van der Waals surface area contributed by atoms with E-state index in [4.69, 9.17) is 4.74 Å². The molecule has 0 saturated carbocycles. The number of para-hydroxylation sites is 1. The summed E-state index contributed by atoms with van der Waals surface area (Å²) < 4.78 is 32.6. The van der Waals surface area contributed by atoms with E-state index in [9.17, 15) is 33.2 Å². The molecule has 12 heteroatoms. The highest BCUT2D eigenvalue weighted by molar-refractivity contribution is 7.89. The van der Waals surface area contributed by atoms with Gasteiger partial charge in [-0.1, -0.05) is 60.7 Å². The monoisotopic (exact) mass is 537 g/mol. The molecule has 2 aliphatic rings. The maximum atomic E-state index is 13.2. The molecule has 196 valence electrons. The minimum absolute atomic E-state index is 0.0478. The number of aliphatic carboxylic acids is 1. The SMILES string of the molecule is O=C(N[C@]1(C(=O)O)CCN(S(=O)(=O)c2ccccc2[N+](=O)[O-])C1)OCC1c2ccccc2-c2ccccc21. The second-order valence-corrected chi connectivity index (χ2v) is 11.1. The Labute approximate surface area is 217 Å². The van der Waals surface area contributed by atoms with Gasteiger partial charge in [0.2, 0.25) is 10.0 Å². The molecule has 0 bridgehead atoms. The van der Waals surface area contributed by atoms with E-state index < -0.39 is 49.7 Å². The van der Waals surface area contributed by atoms with Crippen LogP contribution >= 0.6 is 0 Å². The smallest absolute Gasteiger partial charge is 0.408 e. The summed E-state index contributed by atoms with van der Waals surface area (Å²) in [6.45, 7) is -0.918. The highest BCUT2D eigenvalue weighted by Gasteiger charge is 2.51. The number of sulfonamides is 1. The molecule has 0 aromatic heterocycles. The number of amides is 1. The lowest BCUT2D eigenvalue weighted by Crippen LogP contribution is -2.56. The first kappa shape index (κ1) is 25.4. The van der Waals surface area contributed by atoms with Gasteiger partial charge in [0.25, 0.3) is 5.69 Å². The molecule has 5 rings (SSSR count). The van der Waals surface area contributed by atoms with Crippen LogP contribution in [0.25, 0.3) is 11.1 Å². The number of nitro benzene ring substituents is 1. The van der Waals surface area contributed by atoms with Crippen molar-refractivity contribution in [1.29, 1.82) is 0 Å². The number of hydrogen-bond acceptors (Lipinski definition) is 7. The average molecular weight is 538 g/mol. The molecule has 1 heterocycles. The fourth-order valence-electron chi connectivity index (χ4n) is 5.11. The molecule has 1 fully saturated rings. The molecule has 3 aromatic rings. The summed E-state index contributed by atoms with van der Waals surface area (Å²) in [6, 6.07) is 20.3. The van der Waals surface area contributed by atoms with Gasteiger partial charge in [0.15, 0.2) is 10.4 Å². The Morgan fingerprint density at radius 3 is 2.21 bits per heavy atom. The molecule has 0 radical (unpaired) electrons. The Bertz CT molecular complexity index is 1510. The van der Waals surface area contributed by atoms with Crippen molar-refractivity contribution in [3.63, 3.8) is 0 Å². The van der Waals surface area contributed by atoms with Gasteiger partial charge < -0.3 is 15.2 Å². The Balaban J connectivity index is 1.32. The lowest BCUT2D eigenvalue weighted by atomic mass is 9.98. The van der Waals surface area contributed by atoms with Gasteiger partial charge in [0, 0.05) is 25.1 Å². The van der Waals surface area contributed by atoms with Crippen LogP contribution in [0.15, 0.2) is 77.7 Å². The van der Waals surface area contributed by atoms with Gasteiger partial charge in [-0.05, 0) is 34.7 Å². The van der Waals surface area contributed by atoms with Crippen molar-refractivity contribution < 1.29 is 32.8 Å². The Morgan fingerprint density at radius 1 is 1.03 bits per heavy atom. The van der Waals surface area contributed by atoms with Gasteiger partial charge in [-0.2, -0.15) is 4.31 Å². The van der Waals surface area contributed by atoms with Gasteiger partial charge >= 0.3 is 12.1 Å². The predicted octanol–water partition coefficient (Wildman–Crippen LogP) is 3.35. The molecule has 1 amide bonds. The van der Waals surface area contributed by atoms with Crippen LogP contribution in [0.1, 0.15) is 23.5 Å². The van der Waals surface area contributed by atoms with E-state index in [-0.39, 0.29) is 25.5 Å². The third kappa shape index (κ3) is 4.27. The van der Waals surface area contributed by atoms with Gasteiger partial charge in [0.05, 0.1) is 4.92 Å². The summed E-state index contributed by atoms with van der Waals surface area (Å²) >= 11 is 0. The molecule has 11 nitrogen and oxygen atoms in total. The number of nitro groups is 1. The summed E-state index contributed by atoms with van der Waals surface area (Å²) in [6.07, 6.45) is -1.24. The molecule has 2 N–H and O–H groups in total. The van der Waals surface area contributed by atoms with Gasteiger partial charge in [0.1, 0.15) is 6.61 Å². The summed E-state index contributed by atoms with van der Waals surface area (Å²) in [5.74, 6) is -1.68. The predicted molar refractivity (Wildman–Crippen MR) is 135 cm³/mol. The highest BCUT2D eigenvalue weighted by Crippen LogP contribution is 2.44. The maximum Gasteiger partial charge on any atom is 0.408 e. The van der Waals surface area contributed by atoms with E-state index in [1.807, 2.05) is 48.5 Å². The molecule has 0 unspecified atom stereocenters. The number of nitrogens with zero attached hydrogens (tertiary/aromatic N) is 2. The molecule has 3 aromatic carbocycles. The second kappa shape index (κ2) is 9.54. The minimum Gasteiger partial charge on any atom is -0.479 e. The van der Waals surface area contributed by atoms with Gasteiger partial charge in [-0.25, -0.2) is 18.0 Å². The lowest BCUT2D eigenvalue weighted by molar-refractivity contribution is -0.387. The number of rotatable bonds is 7. The van der Waals surface area contributed by atoms with Crippen LogP contribution in [0.5, 0.6) is 0 Å². The van der Waals surface area contributed by atoms with Crippen molar-refractivity contribution in [2.45, 2.75) is 22.8 Å². The summed E-state index contributed by atoms with van der Waals surface area (Å²) in [7, 11) is -4.41. The zero-order valence-corrected chi connectivity index (χ0v) is 20.8. The third-order valence-corrected chi connectivity index (χ3v) is 8.90. The fourth-order valence-corrected chi connectivity index (χ4v) is 6.76. The maximum absolute atomic E-state index is 13.2. The van der Waals surface area contributed by atoms with E-state index in [0.29, 0.717) is 0 Å². The van der Waals surface area contributed by atoms with Crippen molar-refractivity contribution in [2.24, 2.45) is 0 Å². The Morgan fingerprint density at radius 2 is 1.61 bits per heavy atom. The number of carboxylic acids is 1. The second-order valence-electron chi connectivity index (χ2n) is 9.15. The van der Waals surface area contributed by atoms with Gasteiger partial charge in [-0.15, -0.1) is 0 Å². The zero-order chi connectivity index (χ0) is 27.1. The number of carbonyl (C=O) groups excluding carboxylic acids is 1. The normalized spacial score (nSPS) is 18.9. The standard InChI is InChI=1S/C26H23N3O8S/c30-24(31)26(13-14-28(16-26)38(35,36)23-12-6-5-11-22(23)29(33)34)27-25(32)37-15-21-19-9-3-1-7-17(19)18-8-2-4-10-20(18)21/h1-12,21H,13-16H2,(H,27,32)(H,30,31)/t26-/m1/s1. The van der Waals surface area contributed by atoms with Crippen LogP contribution < -0.4 is 5.32 Å². The van der Waals surface area contributed by atoms with E-state index in [2.05, 4.69) is 5.32 Å². The largest absolute Gasteiger partial charge is 0.479 e. The van der Waals surface area contributed by atoms with Crippen LogP contribution in [-0.2, 0) is 19.6 Å². The number of ether oxygens (including phenoxy) is 1. The summed E-state index contributed by atoms with van der Waals surface area (Å²) in [5.41, 5.74) is 1.45. The minimum atomic E-state index is -4.41. The fraction of sp³-hybridized carbons (Fsp3) is 0.231. The third-order valence-electron chi connectivity index (χ3n) is 7.01. The number of alkyl carbamates (subject to hydrolysis) is 1. The molecule has 38 heavy (non-hydrogen) atoms. The van der Waals surface area contributed by atoms with Crippen molar-refractivity contribution >= 4 is 27.8 Å². The lowest BCUT2D eigenvalue weighted by Gasteiger charge is -2.26. The van der Waals surface area contributed by atoms with Crippen molar-refractivity contribution in [3.8, 4) is 11.1 Å². The first-order chi connectivity index (χ1) is 18.1. The topological polar surface area (TPSA) is 156 Å². The molecule has 1 aliphatic carbocycles. The van der Waals surface area contributed by atoms with Gasteiger partial charge in [-0.3, -0.25) is 10.1 Å². The van der Waals surface area contributed by atoms with Crippen LogP contribution in [0.4, 0.5) is 10.5 Å².